The van der Waals surface area contributed by atoms with Crippen molar-refractivity contribution in [1.29, 1.82) is 0 Å². The molecule has 2 aromatic heterocycles. The summed E-state index contributed by atoms with van der Waals surface area (Å²) < 4.78 is 1.29. The third-order valence-electron chi connectivity index (χ3n) is 4.74. The molecule has 2 N–H and O–H groups in total. The second-order valence-electron chi connectivity index (χ2n) is 6.97. The zero-order valence-corrected chi connectivity index (χ0v) is 17.6. The molecule has 0 fully saturated rings. The van der Waals surface area contributed by atoms with Crippen LogP contribution in [0.25, 0.3) is 21.8 Å². The predicted octanol–water partition coefficient (Wildman–Crippen LogP) is 3.66. The molecule has 4 rings (SSSR count). The van der Waals surface area contributed by atoms with Crippen molar-refractivity contribution in [2.24, 2.45) is 0 Å². The van der Waals surface area contributed by atoms with Gasteiger partial charge in [0.25, 0.3) is 5.56 Å². The van der Waals surface area contributed by atoms with E-state index in [2.05, 4.69) is 10.3 Å². The number of benzene rings is 2. The number of rotatable bonds is 6. The highest BCUT2D eigenvalue weighted by molar-refractivity contribution is 7.15. The molecule has 0 aliphatic carbocycles. The van der Waals surface area contributed by atoms with Crippen LogP contribution in [0.15, 0.2) is 76.4 Å². The van der Waals surface area contributed by atoms with Crippen molar-refractivity contribution in [1.82, 2.24) is 14.5 Å². The Kier molecular flexibility index (Phi) is 5.90. The average Bonchev–Trinajstić information content (AvgIpc) is 3.16. The summed E-state index contributed by atoms with van der Waals surface area (Å²) in [6, 6.07) is 18.8. The van der Waals surface area contributed by atoms with Crippen molar-refractivity contribution >= 4 is 22.9 Å². The lowest BCUT2D eigenvalue weighted by Crippen LogP contribution is -2.29. The van der Waals surface area contributed by atoms with E-state index in [-0.39, 0.29) is 18.9 Å². The molecule has 0 saturated carbocycles. The number of H-pyrrole nitrogens is 1. The van der Waals surface area contributed by atoms with E-state index < -0.39 is 11.2 Å². The van der Waals surface area contributed by atoms with Gasteiger partial charge in [-0.25, -0.2) is 9.78 Å². The number of carbonyl (C=O) groups is 1. The first-order valence-electron chi connectivity index (χ1n) is 9.72. The average molecular weight is 433 g/mol. The van der Waals surface area contributed by atoms with Gasteiger partial charge in [0, 0.05) is 46.9 Å². The number of anilines is 1. The molecular weight excluding hydrogens is 412 g/mol. The van der Waals surface area contributed by atoms with Crippen molar-refractivity contribution in [3.05, 3.63) is 92.6 Å². The van der Waals surface area contributed by atoms with E-state index in [1.54, 1.807) is 11.3 Å². The zero-order valence-electron chi connectivity index (χ0n) is 16.8. The summed E-state index contributed by atoms with van der Waals surface area (Å²) in [7, 11) is 0. The van der Waals surface area contributed by atoms with Gasteiger partial charge in [-0.3, -0.25) is 14.6 Å². The molecule has 0 spiro atoms. The number of thiazole rings is 1. The minimum absolute atomic E-state index is 0.110. The summed E-state index contributed by atoms with van der Waals surface area (Å²) in [6.45, 7) is 2.23. The second-order valence-corrected chi connectivity index (χ2v) is 8.17. The molecule has 0 unspecified atom stereocenters. The van der Waals surface area contributed by atoms with Gasteiger partial charge < -0.3 is 9.88 Å². The third-order valence-corrected chi connectivity index (χ3v) is 5.76. The molecule has 31 heavy (non-hydrogen) atoms. The highest BCUT2D eigenvalue weighted by Crippen LogP contribution is 2.33. The van der Waals surface area contributed by atoms with Gasteiger partial charge in [-0.15, -0.1) is 11.3 Å². The molecule has 0 aliphatic rings. The standard InChI is InChI=1S/C23H20N4O3S/c1-15-21(26-22(31-15)17-5-3-2-4-6-17)16-7-9-18(10-8-16)24-19(28)11-13-27-14-12-20(29)25-23(27)30/h2-10,12,14H,11,13H2,1H3,(H,24,28)(H,25,29,30). The Bertz CT molecular complexity index is 1320. The van der Waals surface area contributed by atoms with E-state index in [9.17, 15) is 14.4 Å². The molecule has 0 radical (unpaired) electrons. The number of aromatic amines is 1. The topological polar surface area (TPSA) is 96.8 Å². The summed E-state index contributed by atoms with van der Waals surface area (Å²) in [6.07, 6.45) is 1.49. The van der Waals surface area contributed by atoms with Crippen LogP contribution in [-0.2, 0) is 11.3 Å². The molecule has 7 nitrogen and oxygen atoms in total. The fourth-order valence-corrected chi connectivity index (χ4v) is 4.09. The molecule has 2 heterocycles. The Labute approximate surface area is 182 Å². The van der Waals surface area contributed by atoms with Crippen LogP contribution in [0.2, 0.25) is 0 Å². The van der Waals surface area contributed by atoms with Gasteiger partial charge >= 0.3 is 5.69 Å². The van der Waals surface area contributed by atoms with Gasteiger partial charge in [-0.2, -0.15) is 0 Å². The highest BCUT2D eigenvalue weighted by Gasteiger charge is 2.12. The number of aryl methyl sites for hydroxylation is 2. The maximum atomic E-state index is 12.2. The van der Waals surface area contributed by atoms with Crippen LogP contribution in [0.5, 0.6) is 0 Å². The number of carbonyl (C=O) groups excluding carboxylic acids is 1. The summed E-state index contributed by atoms with van der Waals surface area (Å²) in [5, 5.41) is 3.80. The molecule has 1 amide bonds. The Morgan fingerprint density at radius 2 is 1.77 bits per heavy atom. The third kappa shape index (κ3) is 4.87. The van der Waals surface area contributed by atoms with Crippen LogP contribution < -0.4 is 16.6 Å². The molecule has 0 atom stereocenters. The largest absolute Gasteiger partial charge is 0.328 e. The minimum atomic E-state index is -0.529. The van der Waals surface area contributed by atoms with Crippen LogP contribution in [0.1, 0.15) is 11.3 Å². The van der Waals surface area contributed by atoms with Crippen LogP contribution in [0.3, 0.4) is 0 Å². The van der Waals surface area contributed by atoms with Crippen molar-refractivity contribution in [2.45, 2.75) is 19.9 Å². The van der Waals surface area contributed by atoms with Crippen molar-refractivity contribution in [3.8, 4) is 21.8 Å². The molecule has 2 aromatic carbocycles. The van der Waals surface area contributed by atoms with Crippen LogP contribution >= 0.6 is 11.3 Å². The van der Waals surface area contributed by atoms with Gasteiger partial charge in [0.15, 0.2) is 0 Å². The quantitative estimate of drug-likeness (QED) is 0.486. The number of nitrogens with zero attached hydrogens (tertiary/aromatic N) is 2. The van der Waals surface area contributed by atoms with E-state index in [4.69, 9.17) is 4.98 Å². The maximum absolute atomic E-state index is 12.2. The van der Waals surface area contributed by atoms with E-state index in [1.165, 1.54) is 16.8 Å². The molecule has 0 bridgehead atoms. The normalized spacial score (nSPS) is 10.7. The zero-order chi connectivity index (χ0) is 21.8. The molecule has 156 valence electrons. The van der Waals surface area contributed by atoms with E-state index in [0.717, 1.165) is 26.7 Å². The molecule has 0 saturated heterocycles. The van der Waals surface area contributed by atoms with E-state index in [0.29, 0.717) is 5.69 Å². The lowest BCUT2D eigenvalue weighted by atomic mass is 10.1. The molecule has 8 heteroatoms. The Morgan fingerprint density at radius 3 is 2.48 bits per heavy atom. The Balaban J connectivity index is 1.41. The smallest absolute Gasteiger partial charge is 0.326 e. The lowest BCUT2D eigenvalue weighted by Gasteiger charge is -2.07. The monoisotopic (exact) mass is 432 g/mol. The summed E-state index contributed by atoms with van der Waals surface area (Å²) in [5.41, 5.74) is 2.68. The first-order chi connectivity index (χ1) is 15.0. The fourth-order valence-electron chi connectivity index (χ4n) is 3.15. The lowest BCUT2D eigenvalue weighted by molar-refractivity contribution is -0.116. The first kappa shape index (κ1) is 20.5. The molecular formula is C23H20N4O3S. The van der Waals surface area contributed by atoms with Crippen LogP contribution in [0, 0.1) is 6.92 Å². The minimum Gasteiger partial charge on any atom is -0.326 e. The highest BCUT2D eigenvalue weighted by atomic mass is 32.1. The van der Waals surface area contributed by atoms with Crippen molar-refractivity contribution in [3.63, 3.8) is 0 Å². The van der Waals surface area contributed by atoms with Crippen LogP contribution in [-0.4, -0.2) is 20.4 Å². The van der Waals surface area contributed by atoms with Gasteiger partial charge in [0.05, 0.1) is 5.69 Å². The predicted molar refractivity (Wildman–Crippen MR) is 122 cm³/mol. The Hall–Kier alpha value is -3.78. The van der Waals surface area contributed by atoms with Gasteiger partial charge in [0.1, 0.15) is 5.01 Å². The number of hydrogen-bond donors (Lipinski definition) is 2. The van der Waals surface area contributed by atoms with Gasteiger partial charge in [-0.1, -0.05) is 42.5 Å². The number of nitrogens with one attached hydrogen (secondary N) is 2. The SMILES string of the molecule is Cc1sc(-c2ccccc2)nc1-c1ccc(NC(=O)CCn2ccc(=O)[nH]c2=O)cc1. The van der Waals surface area contributed by atoms with Gasteiger partial charge in [-0.05, 0) is 19.1 Å². The van der Waals surface area contributed by atoms with E-state index in [1.807, 2.05) is 61.5 Å². The Morgan fingerprint density at radius 1 is 1.03 bits per heavy atom. The van der Waals surface area contributed by atoms with Crippen LogP contribution in [0.4, 0.5) is 5.69 Å². The van der Waals surface area contributed by atoms with Gasteiger partial charge in [0.2, 0.25) is 5.91 Å². The maximum Gasteiger partial charge on any atom is 0.328 e. The van der Waals surface area contributed by atoms with Crippen molar-refractivity contribution < 1.29 is 4.79 Å². The fraction of sp³-hybridized carbons (Fsp3) is 0.130. The summed E-state index contributed by atoms with van der Waals surface area (Å²) in [5.74, 6) is -0.220. The van der Waals surface area contributed by atoms with Crippen molar-refractivity contribution in [2.75, 3.05) is 5.32 Å². The number of amides is 1. The summed E-state index contributed by atoms with van der Waals surface area (Å²) in [4.78, 5) is 43.1. The number of hydrogen-bond acceptors (Lipinski definition) is 5. The second kappa shape index (κ2) is 8.93. The molecule has 4 aromatic rings. The number of aromatic nitrogens is 3. The molecule has 0 aliphatic heterocycles. The van der Waals surface area contributed by atoms with E-state index >= 15 is 0 Å². The first-order valence-corrected chi connectivity index (χ1v) is 10.5. The summed E-state index contributed by atoms with van der Waals surface area (Å²) >= 11 is 1.65.